The van der Waals surface area contributed by atoms with Crippen molar-refractivity contribution in [3.63, 3.8) is 0 Å². The van der Waals surface area contributed by atoms with Crippen molar-refractivity contribution in [2.75, 3.05) is 5.75 Å². The Kier molecular flexibility index (Phi) is 5.46. The number of hydrogen-bond acceptors (Lipinski definition) is 2. The molecule has 1 unspecified atom stereocenters. The Bertz CT molecular complexity index is 571. The van der Waals surface area contributed by atoms with E-state index in [9.17, 15) is 4.39 Å². The van der Waals surface area contributed by atoms with Gasteiger partial charge in [-0.1, -0.05) is 36.7 Å². The molecule has 0 fully saturated rings. The molecular weight excluding hydrogens is 293 g/mol. The first-order valence-corrected chi connectivity index (χ1v) is 7.88. The van der Waals surface area contributed by atoms with Gasteiger partial charge in [0, 0.05) is 10.9 Å². The largest absolute Gasteiger partial charge is 0.324 e. The molecule has 0 saturated heterocycles. The fourth-order valence-corrected chi connectivity index (χ4v) is 2.80. The highest BCUT2D eigenvalue weighted by molar-refractivity contribution is 7.99. The van der Waals surface area contributed by atoms with Gasteiger partial charge in [-0.2, -0.15) is 0 Å². The summed E-state index contributed by atoms with van der Waals surface area (Å²) in [6, 6.07) is 12.9. The van der Waals surface area contributed by atoms with Crippen LogP contribution in [-0.2, 0) is 6.42 Å². The topological polar surface area (TPSA) is 26.0 Å². The molecule has 2 rings (SSSR count). The van der Waals surface area contributed by atoms with Gasteiger partial charge in [0.15, 0.2) is 0 Å². The Labute approximate surface area is 128 Å². The lowest BCUT2D eigenvalue weighted by Crippen LogP contribution is -2.13. The van der Waals surface area contributed by atoms with Gasteiger partial charge in [-0.05, 0) is 47.6 Å². The number of thioether (sulfide) groups is 1. The highest BCUT2D eigenvalue weighted by atomic mass is 35.5. The molecule has 1 nitrogen and oxygen atoms in total. The summed E-state index contributed by atoms with van der Waals surface area (Å²) in [6.45, 7) is 2.12. The van der Waals surface area contributed by atoms with E-state index in [1.54, 1.807) is 17.8 Å². The van der Waals surface area contributed by atoms with Crippen LogP contribution in [-0.4, -0.2) is 5.75 Å². The van der Waals surface area contributed by atoms with Crippen LogP contribution in [0.2, 0.25) is 5.02 Å². The van der Waals surface area contributed by atoms with Crippen molar-refractivity contribution in [2.24, 2.45) is 5.73 Å². The van der Waals surface area contributed by atoms with E-state index in [4.69, 9.17) is 17.3 Å². The quantitative estimate of drug-likeness (QED) is 0.800. The second kappa shape index (κ2) is 7.11. The predicted octanol–water partition coefficient (Wildman–Crippen LogP) is 4.83. The number of nitrogens with two attached hydrogens (primary N) is 1. The van der Waals surface area contributed by atoms with Crippen LogP contribution in [0.4, 0.5) is 4.39 Å². The fourth-order valence-electron chi connectivity index (χ4n) is 2.02. The lowest BCUT2D eigenvalue weighted by Gasteiger charge is -2.13. The molecule has 0 radical (unpaired) electrons. The average Bonchev–Trinajstić information content (AvgIpc) is 2.44. The van der Waals surface area contributed by atoms with E-state index in [0.717, 1.165) is 16.9 Å². The van der Waals surface area contributed by atoms with Crippen molar-refractivity contribution >= 4 is 23.4 Å². The molecule has 0 aliphatic heterocycles. The molecule has 2 aromatic carbocycles. The van der Waals surface area contributed by atoms with Crippen molar-refractivity contribution < 1.29 is 4.39 Å². The zero-order valence-corrected chi connectivity index (χ0v) is 12.8. The van der Waals surface area contributed by atoms with Gasteiger partial charge < -0.3 is 5.73 Å². The zero-order valence-electron chi connectivity index (χ0n) is 11.3. The summed E-state index contributed by atoms with van der Waals surface area (Å²) in [7, 11) is 0. The van der Waals surface area contributed by atoms with Gasteiger partial charge in [0.1, 0.15) is 5.82 Å². The summed E-state index contributed by atoms with van der Waals surface area (Å²) in [5.41, 5.74) is 8.09. The van der Waals surface area contributed by atoms with Gasteiger partial charge in [0.2, 0.25) is 0 Å². The third kappa shape index (κ3) is 3.98. The fraction of sp³-hybridized carbons (Fsp3) is 0.250. The lowest BCUT2D eigenvalue weighted by atomic mass is 10.00. The molecule has 2 N–H and O–H groups in total. The maximum atomic E-state index is 13.4. The first-order chi connectivity index (χ1) is 9.60. The minimum Gasteiger partial charge on any atom is -0.324 e. The van der Waals surface area contributed by atoms with Crippen molar-refractivity contribution in [1.29, 1.82) is 0 Å². The summed E-state index contributed by atoms with van der Waals surface area (Å²) in [5.74, 6) is 0.654. The van der Waals surface area contributed by atoms with Crippen LogP contribution in [0.25, 0.3) is 0 Å². The van der Waals surface area contributed by atoms with E-state index in [2.05, 4.69) is 19.1 Å². The van der Waals surface area contributed by atoms with Gasteiger partial charge in [-0.3, -0.25) is 0 Å². The van der Waals surface area contributed by atoms with Crippen LogP contribution in [0.1, 0.15) is 24.1 Å². The number of rotatable bonds is 5. The van der Waals surface area contributed by atoms with Crippen LogP contribution >= 0.6 is 23.4 Å². The van der Waals surface area contributed by atoms with Crippen molar-refractivity contribution in [2.45, 2.75) is 24.3 Å². The van der Waals surface area contributed by atoms with Crippen LogP contribution in [0, 0.1) is 5.82 Å². The first kappa shape index (κ1) is 15.4. The van der Waals surface area contributed by atoms with E-state index in [1.165, 1.54) is 11.0 Å². The molecule has 1 atom stereocenters. The molecule has 0 heterocycles. The smallest absolute Gasteiger partial charge is 0.142 e. The van der Waals surface area contributed by atoms with E-state index in [0.29, 0.717) is 6.42 Å². The molecule has 0 bridgehead atoms. The summed E-state index contributed by atoms with van der Waals surface area (Å²) in [4.78, 5) is 1.24. The van der Waals surface area contributed by atoms with Crippen molar-refractivity contribution in [1.82, 2.24) is 0 Å². The molecule has 20 heavy (non-hydrogen) atoms. The maximum Gasteiger partial charge on any atom is 0.142 e. The normalized spacial score (nSPS) is 12.4. The molecule has 0 aliphatic carbocycles. The Balaban J connectivity index is 2.06. The van der Waals surface area contributed by atoms with E-state index in [1.807, 2.05) is 18.2 Å². The third-order valence-corrected chi connectivity index (χ3v) is 4.26. The van der Waals surface area contributed by atoms with E-state index < -0.39 is 5.82 Å². The van der Waals surface area contributed by atoms with E-state index >= 15 is 0 Å². The van der Waals surface area contributed by atoms with Gasteiger partial charge in [0.05, 0.1) is 5.02 Å². The lowest BCUT2D eigenvalue weighted by molar-refractivity contribution is 0.622. The molecule has 4 heteroatoms. The Morgan fingerprint density at radius 2 is 1.90 bits per heavy atom. The van der Waals surface area contributed by atoms with Gasteiger partial charge in [-0.25, -0.2) is 4.39 Å². The molecular formula is C16H17ClFNS. The molecule has 106 valence electrons. The molecule has 0 amide bonds. The van der Waals surface area contributed by atoms with Gasteiger partial charge >= 0.3 is 0 Å². The predicted molar refractivity (Wildman–Crippen MR) is 84.9 cm³/mol. The van der Waals surface area contributed by atoms with Crippen LogP contribution < -0.4 is 5.73 Å². The first-order valence-electron chi connectivity index (χ1n) is 6.52. The minimum atomic E-state index is -0.397. The summed E-state index contributed by atoms with van der Waals surface area (Å²) in [6.07, 6.45) is 0.592. The minimum absolute atomic E-state index is 0.142. The average molecular weight is 310 g/mol. The summed E-state index contributed by atoms with van der Waals surface area (Å²) >= 11 is 7.47. The monoisotopic (exact) mass is 309 g/mol. The molecule has 0 spiro atoms. The van der Waals surface area contributed by atoms with E-state index in [-0.39, 0.29) is 11.1 Å². The molecule has 2 aromatic rings. The standard InChI is InChI=1S/C16H17ClFNS/c1-2-20-13-6-4-12(5-7-13)16(19)10-11-3-8-14(17)15(18)9-11/h3-9,16H,2,10,19H2,1H3. The molecule has 0 aliphatic rings. The molecule has 0 aromatic heterocycles. The van der Waals surface area contributed by atoms with Crippen LogP contribution in [0.3, 0.4) is 0 Å². The highest BCUT2D eigenvalue weighted by Gasteiger charge is 2.09. The Morgan fingerprint density at radius 3 is 2.50 bits per heavy atom. The maximum absolute atomic E-state index is 13.4. The molecule has 0 saturated carbocycles. The third-order valence-electron chi connectivity index (χ3n) is 3.06. The summed E-state index contributed by atoms with van der Waals surface area (Å²) < 4.78 is 13.4. The van der Waals surface area contributed by atoms with Crippen LogP contribution in [0.15, 0.2) is 47.4 Å². The van der Waals surface area contributed by atoms with Crippen LogP contribution in [0.5, 0.6) is 0 Å². The second-order valence-electron chi connectivity index (χ2n) is 4.56. The van der Waals surface area contributed by atoms with Gasteiger partial charge in [0.25, 0.3) is 0 Å². The Hall–Kier alpha value is -1.03. The highest BCUT2D eigenvalue weighted by Crippen LogP contribution is 2.23. The Morgan fingerprint density at radius 1 is 1.20 bits per heavy atom. The zero-order chi connectivity index (χ0) is 14.5. The SMILES string of the molecule is CCSc1ccc(C(N)Cc2ccc(Cl)c(F)c2)cc1. The second-order valence-corrected chi connectivity index (χ2v) is 6.31. The van der Waals surface area contributed by atoms with Crippen molar-refractivity contribution in [3.05, 3.63) is 64.4 Å². The number of hydrogen-bond donors (Lipinski definition) is 1. The number of halogens is 2. The number of benzene rings is 2. The summed E-state index contributed by atoms with van der Waals surface area (Å²) in [5, 5.41) is 0.142. The van der Waals surface area contributed by atoms with Gasteiger partial charge in [-0.15, -0.1) is 11.8 Å². The van der Waals surface area contributed by atoms with Crippen molar-refractivity contribution in [3.8, 4) is 0 Å².